The predicted molar refractivity (Wildman–Crippen MR) is 94.8 cm³/mol. The van der Waals surface area contributed by atoms with Gasteiger partial charge in [-0.1, -0.05) is 0 Å². The van der Waals surface area contributed by atoms with Gasteiger partial charge in [-0.25, -0.2) is 9.59 Å². The van der Waals surface area contributed by atoms with E-state index in [1.54, 1.807) is 17.7 Å². The van der Waals surface area contributed by atoms with Gasteiger partial charge in [0.25, 0.3) is 5.56 Å². The number of carbonyl (C=O) groups excluding carboxylic acids is 1. The summed E-state index contributed by atoms with van der Waals surface area (Å²) in [5.74, 6) is 1.13. The first kappa shape index (κ1) is 17.6. The lowest BCUT2D eigenvalue weighted by Crippen LogP contribution is -2.44. The number of primary amides is 1. The van der Waals surface area contributed by atoms with Crippen LogP contribution in [-0.4, -0.2) is 35.9 Å². The zero-order chi connectivity index (χ0) is 18.8. The van der Waals surface area contributed by atoms with Crippen LogP contribution in [0.5, 0.6) is 11.5 Å². The van der Waals surface area contributed by atoms with Crippen LogP contribution in [0.15, 0.2) is 27.8 Å². The Hall–Kier alpha value is -3.23. The number of aryl methyl sites for hydroxylation is 1. The molecule has 1 aromatic carbocycles. The van der Waals surface area contributed by atoms with Crippen molar-refractivity contribution >= 4 is 6.03 Å². The van der Waals surface area contributed by atoms with E-state index in [1.807, 2.05) is 6.07 Å². The lowest BCUT2D eigenvalue weighted by molar-refractivity contribution is 0.248. The van der Waals surface area contributed by atoms with E-state index in [0.29, 0.717) is 30.2 Å². The molecule has 1 aromatic heterocycles. The molecule has 0 saturated heterocycles. The van der Waals surface area contributed by atoms with Crippen molar-refractivity contribution < 1.29 is 14.3 Å². The lowest BCUT2D eigenvalue weighted by atomic mass is 9.97. The van der Waals surface area contributed by atoms with E-state index in [9.17, 15) is 14.4 Å². The first-order valence-electron chi connectivity index (χ1n) is 8.09. The fraction of sp³-hybridized carbons (Fsp3) is 0.353. The van der Waals surface area contributed by atoms with Crippen LogP contribution < -0.4 is 31.8 Å². The number of rotatable bonds is 5. The van der Waals surface area contributed by atoms with Crippen molar-refractivity contribution in [1.82, 2.24) is 14.5 Å². The van der Waals surface area contributed by atoms with Gasteiger partial charge in [0.2, 0.25) is 0 Å². The monoisotopic (exact) mass is 360 g/mol. The number of amides is 2. The maximum atomic E-state index is 12.7. The highest BCUT2D eigenvalue weighted by atomic mass is 16.5. The SMILES string of the molecule is COc1cc2c(cc1OC)-c1cc(=O)n(CCNC(N)=O)c(=O)n1CC2. The number of hydrogen-bond acceptors (Lipinski definition) is 5. The Morgan fingerprint density at radius 3 is 2.54 bits per heavy atom. The third-order valence-electron chi connectivity index (χ3n) is 4.40. The van der Waals surface area contributed by atoms with E-state index in [-0.39, 0.29) is 13.1 Å². The molecule has 3 N–H and O–H groups in total. The van der Waals surface area contributed by atoms with Crippen LogP contribution in [0.4, 0.5) is 4.79 Å². The van der Waals surface area contributed by atoms with Crippen LogP contribution in [0.3, 0.4) is 0 Å². The molecule has 0 unspecified atom stereocenters. The summed E-state index contributed by atoms with van der Waals surface area (Å²) in [6, 6.07) is 4.36. The molecule has 1 aliphatic heterocycles. The highest BCUT2D eigenvalue weighted by Crippen LogP contribution is 2.37. The second kappa shape index (κ2) is 6.95. The number of ether oxygens (including phenoxy) is 2. The molecule has 138 valence electrons. The number of nitrogens with zero attached hydrogens (tertiary/aromatic N) is 2. The van der Waals surface area contributed by atoms with Gasteiger partial charge in [0, 0.05) is 31.3 Å². The molecule has 9 heteroatoms. The van der Waals surface area contributed by atoms with E-state index >= 15 is 0 Å². The maximum absolute atomic E-state index is 12.7. The molecule has 0 bridgehead atoms. The summed E-state index contributed by atoms with van der Waals surface area (Å²) in [6.07, 6.45) is 0.625. The quantitative estimate of drug-likeness (QED) is 0.773. The third kappa shape index (κ3) is 3.03. The summed E-state index contributed by atoms with van der Waals surface area (Å²) in [5.41, 5.74) is 6.45. The Labute approximate surface area is 148 Å². The highest BCUT2D eigenvalue weighted by Gasteiger charge is 2.22. The number of carbonyl (C=O) groups is 1. The number of fused-ring (bicyclic) bond motifs is 3. The molecule has 0 fully saturated rings. The Bertz CT molecular complexity index is 976. The van der Waals surface area contributed by atoms with Gasteiger partial charge in [-0.15, -0.1) is 0 Å². The number of nitrogens with two attached hydrogens (primary N) is 1. The van der Waals surface area contributed by atoms with Gasteiger partial charge in [-0.05, 0) is 24.1 Å². The molecule has 0 saturated carbocycles. The Morgan fingerprint density at radius 2 is 1.88 bits per heavy atom. The van der Waals surface area contributed by atoms with Crippen LogP contribution in [-0.2, 0) is 19.5 Å². The molecule has 0 radical (unpaired) electrons. The Morgan fingerprint density at radius 1 is 1.19 bits per heavy atom. The van der Waals surface area contributed by atoms with Crippen molar-refractivity contribution in [2.45, 2.75) is 19.5 Å². The van der Waals surface area contributed by atoms with Crippen molar-refractivity contribution in [1.29, 1.82) is 0 Å². The molecule has 0 atom stereocenters. The standard InChI is InChI=1S/C17H20N4O5/c1-25-13-7-10-3-5-20-12(11(10)8-14(13)26-2)9-15(22)21(17(20)24)6-4-19-16(18)23/h7-9H,3-6H2,1-2H3,(H3,18,19,23). The first-order valence-corrected chi connectivity index (χ1v) is 8.09. The van der Waals surface area contributed by atoms with Crippen molar-refractivity contribution in [3.63, 3.8) is 0 Å². The van der Waals surface area contributed by atoms with E-state index in [1.165, 1.54) is 13.2 Å². The van der Waals surface area contributed by atoms with Gasteiger partial charge in [0.05, 0.1) is 19.9 Å². The Kier molecular flexibility index (Phi) is 4.70. The summed E-state index contributed by atoms with van der Waals surface area (Å²) < 4.78 is 13.3. The number of methoxy groups -OCH3 is 2. The molecule has 1 aliphatic rings. The van der Waals surface area contributed by atoms with Gasteiger partial charge in [0.1, 0.15) is 0 Å². The third-order valence-corrected chi connectivity index (χ3v) is 4.40. The van der Waals surface area contributed by atoms with E-state index in [2.05, 4.69) is 5.32 Å². The summed E-state index contributed by atoms with van der Waals surface area (Å²) in [6.45, 7) is 0.602. The zero-order valence-corrected chi connectivity index (χ0v) is 14.6. The van der Waals surface area contributed by atoms with Crippen LogP contribution >= 0.6 is 0 Å². The second-order valence-electron chi connectivity index (χ2n) is 5.86. The average molecular weight is 360 g/mol. The lowest BCUT2D eigenvalue weighted by Gasteiger charge is -2.24. The smallest absolute Gasteiger partial charge is 0.331 e. The van der Waals surface area contributed by atoms with Crippen LogP contribution in [0.25, 0.3) is 11.3 Å². The fourth-order valence-electron chi connectivity index (χ4n) is 3.15. The average Bonchev–Trinajstić information content (AvgIpc) is 2.62. The summed E-state index contributed by atoms with van der Waals surface area (Å²) >= 11 is 0. The van der Waals surface area contributed by atoms with Crippen molar-refractivity contribution in [2.75, 3.05) is 20.8 Å². The predicted octanol–water partition coefficient (Wildman–Crippen LogP) is -0.0814. The van der Waals surface area contributed by atoms with Crippen molar-refractivity contribution in [3.8, 4) is 22.8 Å². The number of hydrogen-bond donors (Lipinski definition) is 2. The molecular formula is C17H20N4O5. The van der Waals surface area contributed by atoms with E-state index in [4.69, 9.17) is 15.2 Å². The molecule has 0 spiro atoms. The van der Waals surface area contributed by atoms with E-state index < -0.39 is 17.3 Å². The molecule has 26 heavy (non-hydrogen) atoms. The maximum Gasteiger partial charge on any atom is 0.331 e. The van der Waals surface area contributed by atoms with Gasteiger partial charge in [-0.2, -0.15) is 0 Å². The minimum Gasteiger partial charge on any atom is -0.493 e. The second-order valence-corrected chi connectivity index (χ2v) is 5.86. The largest absolute Gasteiger partial charge is 0.493 e. The normalized spacial score (nSPS) is 12.1. The zero-order valence-electron chi connectivity index (χ0n) is 14.6. The minimum absolute atomic E-state index is 0.0552. The number of benzene rings is 1. The number of nitrogens with one attached hydrogen (secondary N) is 1. The molecule has 9 nitrogen and oxygen atoms in total. The van der Waals surface area contributed by atoms with Crippen LogP contribution in [0, 0.1) is 0 Å². The summed E-state index contributed by atoms with van der Waals surface area (Å²) in [4.78, 5) is 35.9. The minimum atomic E-state index is -0.703. The fourth-order valence-corrected chi connectivity index (χ4v) is 3.15. The van der Waals surface area contributed by atoms with Gasteiger partial charge >= 0.3 is 11.7 Å². The van der Waals surface area contributed by atoms with Crippen LogP contribution in [0.1, 0.15) is 5.56 Å². The van der Waals surface area contributed by atoms with Gasteiger partial charge < -0.3 is 20.5 Å². The molecule has 0 aliphatic carbocycles. The van der Waals surface area contributed by atoms with E-state index in [0.717, 1.165) is 15.7 Å². The molecule has 2 heterocycles. The summed E-state index contributed by atoms with van der Waals surface area (Å²) in [5, 5.41) is 2.37. The molecule has 2 amide bonds. The van der Waals surface area contributed by atoms with Gasteiger partial charge in [0.15, 0.2) is 11.5 Å². The number of urea groups is 1. The van der Waals surface area contributed by atoms with Crippen LogP contribution in [0.2, 0.25) is 0 Å². The topological polar surface area (TPSA) is 118 Å². The first-order chi connectivity index (χ1) is 12.5. The summed E-state index contributed by atoms with van der Waals surface area (Å²) in [7, 11) is 3.09. The van der Waals surface area contributed by atoms with Gasteiger partial charge in [-0.3, -0.25) is 13.9 Å². The highest BCUT2D eigenvalue weighted by molar-refractivity contribution is 5.71. The Balaban J connectivity index is 2.08. The van der Waals surface area contributed by atoms with Crippen molar-refractivity contribution in [3.05, 3.63) is 44.6 Å². The molecule has 3 rings (SSSR count). The molecular weight excluding hydrogens is 340 g/mol. The molecule has 2 aromatic rings. The number of aromatic nitrogens is 2. The van der Waals surface area contributed by atoms with Crippen molar-refractivity contribution in [2.24, 2.45) is 5.73 Å².